The van der Waals surface area contributed by atoms with Gasteiger partial charge in [-0.05, 0) is 20.0 Å². The molecule has 0 radical (unpaired) electrons. The molecule has 6 heteroatoms. The number of aromatic nitrogens is 2. The lowest BCUT2D eigenvalue weighted by molar-refractivity contribution is 0.0906. The molecule has 1 heterocycles. The number of carbonyl (C=O) groups excluding carboxylic acids is 1. The second-order valence-corrected chi connectivity index (χ2v) is 5.28. The highest BCUT2D eigenvalue weighted by molar-refractivity contribution is 5.97. The molecule has 0 amide bonds. The summed E-state index contributed by atoms with van der Waals surface area (Å²) in [5.41, 5.74) is 0.553. The minimum atomic E-state index is 0.0441. The number of hydrogen-bond donors (Lipinski definition) is 0. The van der Waals surface area contributed by atoms with E-state index in [1.165, 1.54) is 0 Å². The molecule has 0 N–H and O–H groups in total. The average molecular weight is 283 g/mol. The second-order valence-electron chi connectivity index (χ2n) is 5.28. The smallest absolute Gasteiger partial charge is 0.185 e. The van der Waals surface area contributed by atoms with Crippen LogP contribution in [0.4, 0.5) is 0 Å². The predicted molar refractivity (Wildman–Crippen MR) is 77.3 cm³/mol. The molecule has 0 spiro atoms. The van der Waals surface area contributed by atoms with Crippen molar-refractivity contribution in [1.82, 2.24) is 14.7 Å². The summed E-state index contributed by atoms with van der Waals surface area (Å²) in [6.45, 7) is 4.04. The van der Waals surface area contributed by atoms with Gasteiger partial charge in [-0.1, -0.05) is 6.92 Å². The molecule has 1 unspecified atom stereocenters. The minimum absolute atomic E-state index is 0.0441. The van der Waals surface area contributed by atoms with E-state index in [-0.39, 0.29) is 11.7 Å². The van der Waals surface area contributed by atoms with Gasteiger partial charge in [0, 0.05) is 26.7 Å². The Kier molecular flexibility index (Phi) is 6.67. The highest BCUT2D eigenvalue weighted by Crippen LogP contribution is 2.21. The molecule has 0 aliphatic heterocycles. The number of rotatable bonds is 9. The maximum absolute atomic E-state index is 12.4. The highest BCUT2D eigenvalue weighted by Gasteiger charge is 2.21. The molecule has 0 aliphatic rings. The number of nitrogens with zero attached hydrogens (tertiary/aromatic N) is 3. The topological polar surface area (TPSA) is 56.6 Å². The molecule has 20 heavy (non-hydrogen) atoms. The largest absolute Gasteiger partial charge is 0.493 e. The van der Waals surface area contributed by atoms with Gasteiger partial charge in [0.2, 0.25) is 0 Å². The molecule has 0 saturated carbocycles. The van der Waals surface area contributed by atoms with Crippen molar-refractivity contribution in [3.8, 4) is 5.75 Å². The molecule has 0 aromatic carbocycles. The van der Waals surface area contributed by atoms with Gasteiger partial charge < -0.3 is 14.4 Å². The minimum Gasteiger partial charge on any atom is -0.493 e. The Balaban J connectivity index is 2.84. The van der Waals surface area contributed by atoms with Crippen LogP contribution in [0.2, 0.25) is 0 Å². The normalized spacial score (nSPS) is 12.7. The lowest BCUT2D eigenvalue weighted by atomic mass is 10.0. The quantitative estimate of drug-likeness (QED) is 0.640. The van der Waals surface area contributed by atoms with Crippen LogP contribution in [0, 0.1) is 5.92 Å². The van der Waals surface area contributed by atoms with E-state index in [0.29, 0.717) is 31.0 Å². The zero-order valence-electron chi connectivity index (χ0n) is 13.0. The molecule has 1 rings (SSSR count). The van der Waals surface area contributed by atoms with Crippen molar-refractivity contribution >= 4 is 5.78 Å². The molecular weight excluding hydrogens is 258 g/mol. The third-order valence-corrected chi connectivity index (χ3v) is 3.03. The van der Waals surface area contributed by atoms with E-state index in [2.05, 4.69) is 10.00 Å². The van der Waals surface area contributed by atoms with Crippen molar-refractivity contribution in [3.63, 3.8) is 0 Å². The SMILES string of the molecule is COCC(C)CC(=O)c1c(OC)cnn1CCN(C)C. The Bertz CT molecular complexity index is 429. The van der Waals surface area contributed by atoms with Crippen LogP contribution in [-0.2, 0) is 11.3 Å². The van der Waals surface area contributed by atoms with Crippen molar-refractivity contribution in [1.29, 1.82) is 0 Å². The van der Waals surface area contributed by atoms with Gasteiger partial charge in [-0.25, -0.2) is 0 Å². The fourth-order valence-corrected chi connectivity index (χ4v) is 2.02. The number of likely N-dealkylation sites (N-methyl/N-ethyl adjacent to an activating group) is 1. The first-order valence-electron chi connectivity index (χ1n) is 6.76. The third kappa shape index (κ3) is 4.61. The van der Waals surface area contributed by atoms with Crippen LogP contribution < -0.4 is 4.74 Å². The molecule has 0 aliphatic carbocycles. The van der Waals surface area contributed by atoms with Gasteiger partial charge in [-0.3, -0.25) is 9.48 Å². The Morgan fingerprint density at radius 3 is 2.70 bits per heavy atom. The van der Waals surface area contributed by atoms with Gasteiger partial charge in [0.05, 0.1) is 19.9 Å². The predicted octanol–water partition coefficient (Wildman–Crippen LogP) is 1.31. The first-order valence-corrected chi connectivity index (χ1v) is 6.76. The standard InChI is InChI=1S/C14H25N3O3/c1-11(10-19-4)8-12(18)14-13(20-5)9-15-17(14)7-6-16(2)3/h9,11H,6-8,10H2,1-5H3. The fourth-order valence-electron chi connectivity index (χ4n) is 2.02. The number of hydrogen-bond acceptors (Lipinski definition) is 5. The number of ether oxygens (including phenoxy) is 2. The van der Waals surface area contributed by atoms with Gasteiger partial charge in [0.1, 0.15) is 5.69 Å². The molecule has 0 saturated heterocycles. The first kappa shape index (κ1) is 16.7. The van der Waals surface area contributed by atoms with Crippen molar-refractivity contribution in [2.75, 3.05) is 41.5 Å². The molecule has 1 aromatic rings. The first-order chi connectivity index (χ1) is 9.49. The second kappa shape index (κ2) is 8.01. The van der Waals surface area contributed by atoms with E-state index >= 15 is 0 Å². The van der Waals surface area contributed by atoms with Crippen LogP contribution in [0.15, 0.2) is 6.20 Å². The molecule has 6 nitrogen and oxygen atoms in total. The van der Waals surface area contributed by atoms with Gasteiger partial charge in [0.15, 0.2) is 11.5 Å². The molecule has 1 atom stereocenters. The monoisotopic (exact) mass is 283 g/mol. The maximum Gasteiger partial charge on any atom is 0.185 e. The van der Waals surface area contributed by atoms with Crippen LogP contribution in [-0.4, -0.2) is 61.9 Å². The summed E-state index contributed by atoms with van der Waals surface area (Å²) in [6.07, 6.45) is 2.03. The summed E-state index contributed by atoms with van der Waals surface area (Å²) < 4.78 is 12.0. The van der Waals surface area contributed by atoms with Crippen LogP contribution in [0.25, 0.3) is 0 Å². The van der Waals surface area contributed by atoms with Gasteiger partial charge >= 0.3 is 0 Å². The Morgan fingerprint density at radius 1 is 1.45 bits per heavy atom. The highest BCUT2D eigenvalue weighted by atomic mass is 16.5. The van der Waals surface area contributed by atoms with Crippen molar-refractivity contribution in [2.45, 2.75) is 19.9 Å². The van der Waals surface area contributed by atoms with Crippen molar-refractivity contribution < 1.29 is 14.3 Å². The van der Waals surface area contributed by atoms with E-state index < -0.39 is 0 Å². The zero-order chi connectivity index (χ0) is 15.1. The summed E-state index contributed by atoms with van der Waals surface area (Å²) in [5.74, 6) is 0.760. The van der Waals surface area contributed by atoms with Crippen LogP contribution in [0.5, 0.6) is 5.75 Å². The number of Topliss-reactive ketones (excluding diaryl/α,β-unsaturated/α-hetero) is 1. The molecule has 114 valence electrons. The molecule has 0 bridgehead atoms. The van der Waals surface area contributed by atoms with Gasteiger partial charge in [-0.2, -0.15) is 5.10 Å². The molecule has 1 aromatic heterocycles. The lowest BCUT2D eigenvalue weighted by Crippen LogP contribution is -2.22. The maximum atomic E-state index is 12.4. The fraction of sp³-hybridized carbons (Fsp3) is 0.714. The summed E-state index contributed by atoms with van der Waals surface area (Å²) in [4.78, 5) is 14.5. The van der Waals surface area contributed by atoms with Gasteiger partial charge in [0.25, 0.3) is 0 Å². The molecule has 0 fully saturated rings. The third-order valence-electron chi connectivity index (χ3n) is 3.03. The Hall–Kier alpha value is -1.40. The van der Waals surface area contributed by atoms with E-state index in [9.17, 15) is 4.79 Å². The Morgan fingerprint density at radius 2 is 2.15 bits per heavy atom. The Labute approximate surface area is 120 Å². The zero-order valence-corrected chi connectivity index (χ0v) is 13.0. The average Bonchev–Trinajstić information content (AvgIpc) is 2.79. The van der Waals surface area contributed by atoms with Gasteiger partial charge in [-0.15, -0.1) is 0 Å². The summed E-state index contributed by atoms with van der Waals surface area (Å²) >= 11 is 0. The van der Waals surface area contributed by atoms with E-state index in [1.54, 1.807) is 25.1 Å². The molecular formula is C14H25N3O3. The van der Waals surface area contributed by atoms with Crippen molar-refractivity contribution in [3.05, 3.63) is 11.9 Å². The summed E-state index contributed by atoms with van der Waals surface area (Å²) in [7, 11) is 7.18. The van der Waals surface area contributed by atoms with E-state index in [1.807, 2.05) is 21.0 Å². The van der Waals surface area contributed by atoms with Crippen LogP contribution >= 0.6 is 0 Å². The van der Waals surface area contributed by atoms with E-state index in [4.69, 9.17) is 9.47 Å². The lowest BCUT2D eigenvalue weighted by Gasteiger charge is -2.13. The van der Waals surface area contributed by atoms with Crippen LogP contribution in [0.1, 0.15) is 23.8 Å². The number of carbonyl (C=O) groups is 1. The number of methoxy groups -OCH3 is 2. The number of ketones is 1. The van der Waals surface area contributed by atoms with E-state index in [0.717, 1.165) is 6.54 Å². The summed E-state index contributed by atoms with van der Waals surface area (Å²) in [5, 5.41) is 4.25. The summed E-state index contributed by atoms with van der Waals surface area (Å²) in [6, 6.07) is 0. The van der Waals surface area contributed by atoms with Crippen LogP contribution in [0.3, 0.4) is 0 Å². The van der Waals surface area contributed by atoms with Crippen molar-refractivity contribution in [2.24, 2.45) is 5.92 Å².